The Balaban J connectivity index is 2.11. The monoisotopic (exact) mass is 305 g/mol. The van der Waals surface area contributed by atoms with Crippen LogP contribution in [-0.2, 0) is 4.79 Å². The number of nitro groups is 1. The Labute approximate surface area is 130 Å². The van der Waals surface area contributed by atoms with Crippen LogP contribution in [0.5, 0.6) is 0 Å². The standard InChI is InChI=1S/C16H23N3O3/c1-11-8-14(15(19(21)22)9-12(11)2)17-16(20)10-18-7-5-4-6-13(18)3/h8-9,13H,4-7,10H2,1-3H3,(H,17,20)/t13-/m1/s1. The van der Waals surface area contributed by atoms with Gasteiger partial charge in [0.05, 0.1) is 11.5 Å². The first kappa shape index (κ1) is 16.4. The largest absolute Gasteiger partial charge is 0.319 e. The van der Waals surface area contributed by atoms with Crippen molar-refractivity contribution in [3.8, 4) is 0 Å². The van der Waals surface area contributed by atoms with Crippen molar-refractivity contribution in [1.29, 1.82) is 0 Å². The first-order chi connectivity index (χ1) is 10.4. The number of nitro benzene ring substituents is 1. The van der Waals surface area contributed by atoms with Crippen LogP contribution in [0.3, 0.4) is 0 Å². The van der Waals surface area contributed by atoms with Crippen molar-refractivity contribution >= 4 is 17.3 Å². The second-order valence-electron chi connectivity index (χ2n) is 6.07. The molecule has 1 saturated heterocycles. The van der Waals surface area contributed by atoms with Crippen LogP contribution in [-0.4, -0.2) is 34.9 Å². The molecule has 0 spiro atoms. The number of nitrogens with one attached hydrogen (secondary N) is 1. The fourth-order valence-corrected chi connectivity index (χ4v) is 2.82. The van der Waals surface area contributed by atoms with Crippen LogP contribution >= 0.6 is 0 Å². The van der Waals surface area contributed by atoms with Crippen LogP contribution in [0.2, 0.25) is 0 Å². The molecular weight excluding hydrogens is 282 g/mol. The van der Waals surface area contributed by atoms with Crippen molar-refractivity contribution in [3.63, 3.8) is 0 Å². The van der Waals surface area contributed by atoms with Gasteiger partial charge in [-0.25, -0.2) is 0 Å². The van der Waals surface area contributed by atoms with Gasteiger partial charge in [-0.3, -0.25) is 19.8 Å². The summed E-state index contributed by atoms with van der Waals surface area (Å²) in [4.78, 5) is 25.1. The molecule has 1 N–H and O–H groups in total. The highest BCUT2D eigenvalue weighted by molar-refractivity contribution is 5.94. The van der Waals surface area contributed by atoms with Crippen LogP contribution in [0.15, 0.2) is 12.1 Å². The molecule has 6 nitrogen and oxygen atoms in total. The van der Waals surface area contributed by atoms with Gasteiger partial charge >= 0.3 is 0 Å². The summed E-state index contributed by atoms with van der Waals surface area (Å²) in [5.74, 6) is -0.194. The summed E-state index contributed by atoms with van der Waals surface area (Å²) in [6.45, 7) is 7.00. The van der Waals surface area contributed by atoms with E-state index in [4.69, 9.17) is 0 Å². The molecule has 1 aliphatic heterocycles. The fourth-order valence-electron chi connectivity index (χ4n) is 2.82. The normalized spacial score (nSPS) is 19.0. The number of hydrogen-bond donors (Lipinski definition) is 1. The molecule has 1 aliphatic rings. The third kappa shape index (κ3) is 3.82. The minimum absolute atomic E-state index is 0.0526. The van der Waals surface area contributed by atoms with Gasteiger partial charge in [-0.15, -0.1) is 0 Å². The molecule has 1 amide bonds. The maximum Gasteiger partial charge on any atom is 0.293 e. The minimum Gasteiger partial charge on any atom is -0.319 e. The van der Waals surface area contributed by atoms with Crippen molar-refractivity contribution in [1.82, 2.24) is 4.90 Å². The summed E-state index contributed by atoms with van der Waals surface area (Å²) in [5, 5.41) is 13.9. The zero-order valence-electron chi connectivity index (χ0n) is 13.4. The number of rotatable bonds is 4. The van der Waals surface area contributed by atoms with Crippen LogP contribution in [0.25, 0.3) is 0 Å². The number of carbonyl (C=O) groups excluding carboxylic acids is 1. The van der Waals surface area contributed by atoms with E-state index in [-0.39, 0.29) is 23.8 Å². The second-order valence-corrected chi connectivity index (χ2v) is 6.07. The molecule has 0 aliphatic carbocycles. The molecule has 1 aromatic carbocycles. The smallest absolute Gasteiger partial charge is 0.293 e. The summed E-state index contributed by atoms with van der Waals surface area (Å²) in [6.07, 6.45) is 3.39. The van der Waals surface area contributed by atoms with Crippen molar-refractivity contribution in [2.45, 2.75) is 46.1 Å². The van der Waals surface area contributed by atoms with E-state index in [0.29, 0.717) is 6.04 Å². The number of hydrogen-bond acceptors (Lipinski definition) is 4. The van der Waals surface area contributed by atoms with Crippen molar-refractivity contribution < 1.29 is 9.72 Å². The molecule has 22 heavy (non-hydrogen) atoms. The number of anilines is 1. The van der Waals surface area contributed by atoms with Crippen LogP contribution in [0, 0.1) is 24.0 Å². The van der Waals surface area contributed by atoms with Crippen LogP contribution in [0.4, 0.5) is 11.4 Å². The minimum atomic E-state index is -0.453. The van der Waals surface area contributed by atoms with Gasteiger partial charge in [-0.1, -0.05) is 6.42 Å². The molecule has 1 atom stereocenters. The number of aryl methyl sites for hydroxylation is 2. The Morgan fingerprint density at radius 1 is 1.36 bits per heavy atom. The van der Waals surface area contributed by atoms with Crippen LogP contribution in [0.1, 0.15) is 37.3 Å². The maximum atomic E-state index is 12.2. The van der Waals surface area contributed by atoms with Gasteiger partial charge in [0.2, 0.25) is 5.91 Å². The second kappa shape index (κ2) is 6.87. The molecule has 0 bridgehead atoms. The maximum absolute atomic E-state index is 12.2. The predicted molar refractivity (Wildman–Crippen MR) is 86.1 cm³/mol. The van der Waals surface area contributed by atoms with Gasteiger partial charge in [-0.05, 0) is 57.4 Å². The van der Waals surface area contributed by atoms with E-state index in [1.807, 2.05) is 13.8 Å². The van der Waals surface area contributed by atoms with E-state index in [1.54, 1.807) is 6.07 Å². The predicted octanol–water partition coefficient (Wildman–Crippen LogP) is 3.02. The molecule has 1 aromatic rings. The number of benzene rings is 1. The molecule has 0 unspecified atom stereocenters. The fraction of sp³-hybridized carbons (Fsp3) is 0.562. The van der Waals surface area contributed by atoms with E-state index in [9.17, 15) is 14.9 Å². The molecule has 1 heterocycles. The highest BCUT2D eigenvalue weighted by Gasteiger charge is 2.22. The number of carbonyl (C=O) groups is 1. The van der Waals surface area contributed by atoms with Gasteiger partial charge in [0.25, 0.3) is 5.69 Å². The highest BCUT2D eigenvalue weighted by atomic mass is 16.6. The molecular formula is C16H23N3O3. The third-order valence-electron chi connectivity index (χ3n) is 4.37. The first-order valence-electron chi connectivity index (χ1n) is 7.68. The summed E-state index contributed by atoms with van der Waals surface area (Å²) >= 11 is 0. The summed E-state index contributed by atoms with van der Waals surface area (Å²) in [7, 11) is 0. The number of likely N-dealkylation sites (tertiary alicyclic amines) is 1. The number of amides is 1. The molecule has 0 radical (unpaired) electrons. The van der Waals surface area contributed by atoms with Gasteiger partial charge in [0.1, 0.15) is 5.69 Å². The molecule has 0 saturated carbocycles. The Hall–Kier alpha value is -1.95. The first-order valence-corrected chi connectivity index (χ1v) is 7.68. The molecule has 2 rings (SSSR count). The lowest BCUT2D eigenvalue weighted by Gasteiger charge is -2.32. The average Bonchev–Trinajstić information content (AvgIpc) is 2.44. The molecule has 120 valence electrons. The summed E-state index contributed by atoms with van der Waals surface area (Å²) < 4.78 is 0. The van der Waals surface area contributed by atoms with Gasteiger partial charge < -0.3 is 5.32 Å². The lowest BCUT2D eigenvalue weighted by molar-refractivity contribution is -0.384. The highest BCUT2D eigenvalue weighted by Crippen LogP contribution is 2.28. The third-order valence-corrected chi connectivity index (χ3v) is 4.37. The van der Waals surface area contributed by atoms with Crippen molar-refractivity contribution in [2.24, 2.45) is 0 Å². The summed E-state index contributed by atoms with van der Waals surface area (Å²) in [5.41, 5.74) is 1.99. The van der Waals surface area contributed by atoms with Gasteiger partial charge in [-0.2, -0.15) is 0 Å². The Kier molecular flexibility index (Phi) is 5.13. The number of nitrogens with zero attached hydrogens (tertiary/aromatic N) is 2. The Morgan fingerprint density at radius 3 is 2.68 bits per heavy atom. The van der Waals surface area contributed by atoms with Crippen molar-refractivity contribution in [3.05, 3.63) is 33.4 Å². The molecule has 6 heteroatoms. The Morgan fingerprint density at radius 2 is 2.05 bits per heavy atom. The van der Waals surface area contributed by atoms with Gasteiger partial charge in [0.15, 0.2) is 0 Å². The van der Waals surface area contributed by atoms with E-state index in [0.717, 1.165) is 30.5 Å². The lowest BCUT2D eigenvalue weighted by Crippen LogP contribution is -2.42. The van der Waals surface area contributed by atoms with Crippen molar-refractivity contribution in [2.75, 3.05) is 18.4 Å². The van der Waals surface area contributed by atoms with Crippen LogP contribution < -0.4 is 5.32 Å². The average molecular weight is 305 g/mol. The van der Waals surface area contributed by atoms with E-state index in [2.05, 4.69) is 17.1 Å². The molecule has 1 fully saturated rings. The number of piperidine rings is 1. The van der Waals surface area contributed by atoms with E-state index >= 15 is 0 Å². The zero-order chi connectivity index (χ0) is 16.3. The van der Waals surface area contributed by atoms with E-state index in [1.165, 1.54) is 12.5 Å². The lowest BCUT2D eigenvalue weighted by atomic mass is 10.0. The topological polar surface area (TPSA) is 75.5 Å². The molecule has 0 aromatic heterocycles. The van der Waals surface area contributed by atoms with E-state index < -0.39 is 4.92 Å². The quantitative estimate of drug-likeness (QED) is 0.685. The van der Waals surface area contributed by atoms with Gasteiger partial charge in [0, 0.05) is 12.1 Å². The Bertz CT molecular complexity index is 586. The SMILES string of the molecule is Cc1cc(NC(=O)CN2CCCC[C@H]2C)c([N+](=O)[O-])cc1C. The summed E-state index contributed by atoms with van der Waals surface area (Å²) in [6, 6.07) is 3.56. The zero-order valence-corrected chi connectivity index (χ0v) is 13.4.